The molecule has 1 rings (SSSR count). The average Bonchev–Trinajstić information content (AvgIpc) is 2.18. The van der Waals surface area contributed by atoms with E-state index in [0.29, 0.717) is 25.3 Å². The number of hydrogen-bond donors (Lipinski definition) is 1. The Labute approximate surface area is 83.1 Å². The highest BCUT2D eigenvalue weighted by molar-refractivity contribution is 5.82. The Morgan fingerprint density at radius 1 is 1.64 bits per heavy atom. The number of hydrogen-bond acceptors (Lipinski definition) is 4. The number of nitrogens with two attached hydrogens (primary N) is 1. The van der Waals surface area contributed by atoms with Crippen LogP contribution in [0.2, 0.25) is 0 Å². The molecular weight excluding hydrogens is 180 g/mol. The van der Waals surface area contributed by atoms with Crippen LogP contribution in [0.25, 0.3) is 0 Å². The van der Waals surface area contributed by atoms with Gasteiger partial charge in [-0.15, -0.1) is 0 Å². The molecule has 0 fully saturated rings. The highest BCUT2D eigenvalue weighted by atomic mass is 16.5. The monoisotopic (exact) mass is 194 g/mol. The molecule has 0 saturated carbocycles. The first kappa shape index (κ1) is 10.7. The molecule has 0 amide bonds. The van der Waals surface area contributed by atoms with Crippen molar-refractivity contribution in [1.82, 2.24) is 4.98 Å². The Bertz CT molecular complexity index is 313. The number of ketones is 1. The maximum absolute atomic E-state index is 11.4. The Kier molecular flexibility index (Phi) is 4.07. The average molecular weight is 194 g/mol. The van der Waals surface area contributed by atoms with Gasteiger partial charge in [-0.2, -0.15) is 0 Å². The second-order valence-electron chi connectivity index (χ2n) is 3.01. The second-order valence-corrected chi connectivity index (χ2v) is 3.01. The molecule has 1 aromatic heterocycles. The summed E-state index contributed by atoms with van der Waals surface area (Å²) in [5, 5.41) is 0. The van der Waals surface area contributed by atoms with Crippen molar-refractivity contribution < 1.29 is 9.53 Å². The van der Waals surface area contributed by atoms with Gasteiger partial charge in [-0.1, -0.05) is 6.07 Å². The molecule has 0 unspecified atom stereocenters. The van der Waals surface area contributed by atoms with Gasteiger partial charge in [0.25, 0.3) is 0 Å². The minimum absolute atomic E-state index is 0.117. The Hall–Kier alpha value is -1.42. The summed E-state index contributed by atoms with van der Waals surface area (Å²) in [6.45, 7) is 0.457. The molecule has 0 bridgehead atoms. The first-order chi connectivity index (χ1) is 6.74. The van der Waals surface area contributed by atoms with E-state index >= 15 is 0 Å². The van der Waals surface area contributed by atoms with Crippen LogP contribution in [-0.2, 0) is 16.0 Å². The predicted octanol–water partition coefficient (Wildman–Crippen LogP) is 0.812. The Morgan fingerprint density at radius 3 is 3.07 bits per heavy atom. The molecule has 1 aromatic rings. The first-order valence-electron chi connectivity index (χ1n) is 4.44. The van der Waals surface area contributed by atoms with Gasteiger partial charge in [0.1, 0.15) is 11.6 Å². The summed E-state index contributed by atoms with van der Waals surface area (Å²) in [7, 11) is 1.58. The van der Waals surface area contributed by atoms with Gasteiger partial charge in [-0.3, -0.25) is 4.79 Å². The third kappa shape index (κ3) is 3.14. The number of ether oxygens (including phenoxy) is 1. The second kappa shape index (κ2) is 5.34. The van der Waals surface area contributed by atoms with Crippen LogP contribution in [0.5, 0.6) is 0 Å². The van der Waals surface area contributed by atoms with E-state index in [1.54, 1.807) is 19.4 Å². The molecule has 0 aromatic carbocycles. The quantitative estimate of drug-likeness (QED) is 0.753. The molecule has 0 radical (unpaired) electrons. The fraction of sp³-hybridized carbons (Fsp3) is 0.400. The van der Waals surface area contributed by atoms with E-state index in [1.807, 2.05) is 6.07 Å². The highest BCUT2D eigenvalue weighted by Gasteiger charge is 2.06. The van der Waals surface area contributed by atoms with E-state index in [-0.39, 0.29) is 5.78 Å². The SMILES string of the molecule is COCCC(=O)Cc1cccnc1N. The smallest absolute Gasteiger partial charge is 0.139 e. The molecule has 0 atom stereocenters. The number of aromatic nitrogens is 1. The number of methoxy groups -OCH3 is 1. The Balaban J connectivity index is 2.52. The maximum atomic E-state index is 11.4. The molecule has 14 heavy (non-hydrogen) atoms. The number of carbonyl (C=O) groups is 1. The van der Waals surface area contributed by atoms with Crippen LogP contribution in [-0.4, -0.2) is 24.5 Å². The van der Waals surface area contributed by atoms with Crippen LogP contribution in [0.1, 0.15) is 12.0 Å². The van der Waals surface area contributed by atoms with Gasteiger partial charge in [0, 0.05) is 31.7 Å². The number of carbonyl (C=O) groups excluding carboxylic acids is 1. The summed E-state index contributed by atoms with van der Waals surface area (Å²) in [6, 6.07) is 3.59. The van der Waals surface area contributed by atoms with Crippen molar-refractivity contribution in [3.8, 4) is 0 Å². The zero-order chi connectivity index (χ0) is 10.4. The van der Waals surface area contributed by atoms with E-state index in [1.165, 1.54) is 0 Å². The summed E-state index contributed by atoms with van der Waals surface area (Å²) < 4.78 is 4.81. The minimum Gasteiger partial charge on any atom is -0.384 e. The molecule has 76 valence electrons. The van der Waals surface area contributed by atoms with Gasteiger partial charge < -0.3 is 10.5 Å². The molecule has 0 aliphatic heterocycles. The molecule has 0 spiro atoms. The lowest BCUT2D eigenvalue weighted by molar-refractivity contribution is -0.119. The van der Waals surface area contributed by atoms with E-state index in [2.05, 4.69) is 4.98 Å². The van der Waals surface area contributed by atoms with Crippen LogP contribution in [0.4, 0.5) is 5.82 Å². The van der Waals surface area contributed by atoms with Crippen molar-refractivity contribution >= 4 is 11.6 Å². The zero-order valence-corrected chi connectivity index (χ0v) is 8.19. The van der Waals surface area contributed by atoms with Crippen molar-refractivity contribution in [3.63, 3.8) is 0 Å². The van der Waals surface area contributed by atoms with Crippen LogP contribution < -0.4 is 5.73 Å². The standard InChI is InChI=1S/C10H14N2O2/c1-14-6-4-9(13)7-8-3-2-5-12-10(8)11/h2-3,5H,4,6-7H2,1H3,(H2,11,12). The number of anilines is 1. The third-order valence-corrected chi connectivity index (χ3v) is 1.90. The van der Waals surface area contributed by atoms with Gasteiger partial charge in [-0.25, -0.2) is 4.98 Å². The van der Waals surface area contributed by atoms with Gasteiger partial charge in [0.05, 0.1) is 6.61 Å². The zero-order valence-electron chi connectivity index (χ0n) is 8.19. The molecule has 0 aliphatic carbocycles. The van der Waals surface area contributed by atoms with Gasteiger partial charge in [0.2, 0.25) is 0 Å². The first-order valence-corrected chi connectivity index (χ1v) is 4.44. The summed E-state index contributed by atoms with van der Waals surface area (Å²) >= 11 is 0. The van der Waals surface area contributed by atoms with Crippen molar-refractivity contribution in [1.29, 1.82) is 0 Å². The predicted molar refractivity (Wildman–Crippen MR) is 53.9 cm³/mol. The van der Waals surface area contributed by atoms with E-state index in [4.69, 9.17) is 10.5 Å². The lowest BCUT2D eigenvalue weighted by Crippen LogP contribution is -2.08. The third-order valence-electron chi connectivity index (χ3n) is 1.90. The normalized spacial score (nSPS) is 10.1. The van der Waals surface area contributed by atoms with E-state index < -0.39 is 0 Å². The molecule has 0 saturated heterocycles. The number of nitrogens with zero attached hydrogens (tertiary/aromatic N) is 1. The molecule has 4 heteroatoms. The molecule has 1 heterocycles. The van der Waals surface area contributed by atoms with Crippen LogP contribution in [0, 0.1) is 0 Å². The number of rotatable bonds is 5. The fourth-order valence-corrected chi connectivity index (χ4v) is 1.12. The van der Waals surface area contributed by atoms with Crippen molar-refractivity contribution in [2.45, 2.75) is 12.8 Å². The minimum atomic E-state index is 0.117. The van der Waals surface area contributed by atoms with E-state index in [9.17, 15) is 4.79 Å². The van der Waals surface area contributed by atoms with Gasteiger partial charge >= 0.3 is 0 Å². The number of Topliss-reactive ketones (excluding diaryl/α,β-unsaturated/α-hetero) is 1. The van der Waals surface area contributed by atoms with Crippen molar-refractivity contribution in [2.75, 3.05) is 19.5 Å². The molecular formula is C10H14N2O2. The Morgan fingerprint density at radius 2 is 2.43 bits per heavy atom. The van der Waals surface area contributed by atoms with E-state index in [0.717, 1.165) is 5.56 Å². The maximum Gasteiger partial charge on any atom is 0.139 e. The lowest BCUT2D eigenvalue weighted by atomic mass is 10.1. The summed E-state index contributed by atoms with van der Waals surface area (Å²) in [5.41, 5.74) is 6.39. The highest BCUT2D eigenvalue weighted by Crippen LogP contribution is 2.08. The van der Waals surface area contributed by atoms with Gasteiger partial charge in [0.15, 0.2) is 0 Å². The number of pyridine rings is 1. The van der Waals surface area contributed by atoms with Crippen LogP contribution in [0.3, 0.4) is 0 Å². The number of nitrogen functional groups attached to an aromatic ring is 1. The van der Waals surface area contributed by atoms with Gasteiger partial charge in [-0.05, 0) is 6.07 Å². The molecule has 2 N–H and O–H groups in total. The summed E-state index contributed by atoms with van der Waals surface area (Å²) in [6.07, 6.45) is 2.37. The van der Waals surface area contributed by atoms with Crippen molar-refractivity contribution in [2.24, 2.45) is 0 Å². The van der Waals surface area contributed by atoms with Crippen LogP contribution in [0.15, 0.2) is 18.3 Å². The summed E-state index contributed by atoms with van der Waals surface area (Å²) in [4.78, 5) is 15.3. The molecule has 0 aliphatic rings. The molecule has 4 nitrogen and oxygen atoms in total. The van der Waals surface area contributed by atoms with Crippen LogP contribution >= 0.6 is 0 Å². The topological polar surface area (TPSA) is 65.2 Å². The largest absolute Gasteiger partial charge is 0.384 e. The van der Waals surface area contributed by atoms with Crippen molar-refractivity contribution in [3.05, 3.63) is 23.9 Å². The summed E-state index contributed by atoms with van der Waals surface area (Å²) in [5.74, 6) is 0.546. The lowest BCUT2D eigenvalue weighted by Gasteiger charge is -2.02. The fourth-order valence-electron chi connectivity index (χ4n) is 1.12.